The number of anilines is 1. The number of likely N-dealkylation sites (tertiary alicyclic amines) is 1. The Balaban J connectivity index is 0.00000242. The van der Waals surface area contributed by atoms with E-state index in [2.05, 4.69) is 5.32 Å². The van der Waals surface area contributed by atoms with Crippen LogP contribution in [0.5, 0.6) is 0 Å². The van der Waals surface area contributed by atoms with Crippen LogP contribution in [0.1, 0.15) is 28.8 Å². The fourth-order valence-electron chi connectivity index (χ4n) is 2.65. The number of carbonyl (C=O) groups is 1. The number of piperidine rings is 1. The first-order valence-electron chi connectivity index (χ1n) is 6.95. The van der Waals surface area contributed by atoms with Gasteiger partial charge in [0.25, 0.3) is 11.6 Å². The van der Waals surface area contributed by atoms with Crippen LogP contribution >= 0.6 is 12.4 Å². The monoisotopic (exact) mass is 328 g/mol. The summed E-state index contributed by atoms with van der Waals surface area (Å²) in [6, 6.07) is 3.42. The van der Waals surface area contributed by atoms with Crippen LogP contribution < -0.4 is 11.1 Å². The van der Waals surface area contributed by atoms with Crippen molar-refractivity contribution < 1.29 is 9.72 Å². The van der Waals surface area contributed by atoms with Gasteiger partial charge in [0.05, 0.1) is 10.5 Å². The summed E-state index contributed by atoms with van der Waals surface area (Å²) >= 11 is 0. The number of nitro groups is 1. The van der Waals surface area contributed by atoms with Crippen molar-refractivity contribution in [3.8, 4) is 0 Å². The minimum Gasteiger partial charge on any atom is -0.393 e. The molecule has 0 saturated carbocycles. The van der Waals surface area contributed by atoms with Gasteiger partial charge in [-0.3, -0.25) is 14.9 Å². The van der Waals surface area contributed by atoms with Crippen molar-refractivity contribution in [2.75, 3.05) is 25.9 Å². The lowest BCUT2D eigenvalue weighted by Gasteiger charge is -2.32. The number of nitrogen functional groups attached to an aromatic ring is 1. The number of nitrogens with one attached hydrogen (secondary N) is 1. The first-order valence-corrected chi connectivity index (χ1v) is 6.95. The number of nitrogens with zero attached hydrogens (tertiary/aromatic N) is 2. The van der Waals surface area contributed by atoms with E-state index in [4.69, 9.17) is 5.73 Å². The maximum Gasteiger partial charge on any atom is 0.293 e. The summed E-state index contributed by atoms with van der Waals surface area (Å²) in [5.74, 6) is -0.228. The molecule has 1 amide bonds. The Morgan fingerprint density at radius 2 is 2.00 bits per heavy atom. The van der Waals surface area contributed by atoms with Crippen molar-refractivity contribution in [2.24, 2.45) is 0 Å². The van der Waals surface area contributed by atoms with E-state index in [0.29, 0.717) is 24.7 Å². The van der Waals surface area contributed by atoms with E-state index in [-0.39, 0.29) is 35.3 Å². The molecule has 2 rings (SSSR count). The summed E-state index contributed by atoms with van der Waals surface area (Å²) in [5.41, 5.74) is 6.44. The molecule has 1 saturated heterocycles. The third-order valence-corrected chi connectivity index (χ3v) is 3.92. The third kappa shape index (κ3) is 3.66. The topological polar surface area (TPSA) is 102 Å². The number of hydrogen-bond acceptors (Lipinski definition) is 5. The molecule has 7 nitrogen and oxygen atoms in total. The van der Waals surface area contributed by atoms with Crippen LogP contribution in [-0.4, -0.2) is 41.9 Å². The van der Waals surface area contributed by atoms with Gasteiger partial charge in [-0.25, -0.2) is 0 Å². The Kier molecular flexibility index (Phi) is 6.13. The molecule has 122 valence electrons. The number of aryl methyl sites for hydroxylation is 1. The van der Waals surface area contributed by atoms with E-state index in [9.17, 15) is 14.9 Å². The number of halogens is 1. The molecule has 22 heavy (non-hydrogen) atoms. The number of rotatable bonds is 3. The van der Waals surface area contributed by atoms with Crippen LogP contribution in [0.4, 0.5) is 11.4 Å². The van der Waals surface area contributed by atoms with Gasteiger partial charge < -0.3 is 16.0 Å². The van der Waals surface area contributed by atoms with Crippen LogP contribution in [0, 0.1) is 17.0 Å². The smallest absolute Gasteiger partial charge is 0.293 e. The molecule has 0 atom stereocenters. The van der Waals surface area contributed by atoms with Crippen molar-refractivity contribution in [3.05, 3.63) is 33.4 Å². The van der Waals surface area contributed by atoms with Crippen LogP contribution in [0.15, 0.2) is 12.1 Å². The van der Waals surface area contributed by atoms with Crippen molar-refractivity contribution in [2.45, 2.75) is 25.8 Å². The van der Waals surface area contributed by atoms with Crippen molar-refractivity contribution in [1.29, 1.82) is 0 Å². The SMILES string of the molecule is CNC1CCN(C(=O)c2cc(C)cc([N+](=O)[O-])c2N)CC1.Cl. The number of nitrogens with two attached hydrogens (primary N) is 1. The summed E-state index contributed by atoms with van der Waals surface area (Å²) in [7, 11) is 1.91. The zero-order valence-corrected chi connectivity index (χ0v) is 13.5. The fraction of sp³-hybridized carbons (Fsp3) is 0.500. The summed E-state index contributed by atoms with van der Waals surface area (Å²) in [5, 5.41) is 14.2. The van der Waals surface area contributed by atoms with E-state index in [0.717, 1.165) is 12.8 Å². The highest BCUT2D eigenvalue weighted by atomic mass is 35.5. The highest BCUT2D eigenvalue weighted by Crippen LogP contribution is 2.28. The minimum atomic E-state index is -0.549. The van der Waals surface area contributed by atoms with E-state index < -0.39 is 4.92 Å². The minimum absolute atomic E-state index is 0. The second-order valence-corrected chi connectivity index (χ2v) is 5.36. The van der Waals surface area contributed by atoms with Crippen LogP contribution in [0.2, 0.25) is 0 Å². The van der Waals surface area contributed by atoms with Gasteiger partial charge in [-0.15, -0.1) is 12.4 Å². The molecule has 0 spiro atoms. The number of hydrogen-bond donors (Lipinski definition) is 2. The van der Waals surface area contributed by atoms with Gasteiger partial charge in [0.2, 0.25) is 0 Å². The summed E-state index contributed by atoms with van der Waals surface area (Å²) in [6.07, 6.45) is 1.74. The van der Waals surface area contributed by atoms with E-state index in [1.54, 1.807) is 17.9 Å². The van der Waals surface area contributed by atoms with E-state index >= 15 is 0 Å². The second-order valence-electron chi connectivity index (χ2n) is 5.36. The largest absolute Gasteiger partial charge is 0.393 e. The maximum atomic E-state index is 12.5. The molecule has 0 aromatic heterocycles. The van der Waals surface area contributed by atoms with Gasteiger partial charge in [0.15, 0.2) is 0 Å². The van der Waals surface area contributed by atoms with Crippen LogP contribution in [0.25, 0.3) is 0 Å². The molecule has 3 N–H and O–H groups in total. The Hall–Kier alpha value is -1.86. The Morgan fingerprint density at radius 3 is 2.50 bits per heavy atom. The third-order valence-electron chi connectivity index (χ3n) is 3.92. The first kappa shape index (κ1) is 18.2. The van der Waals surface area contributed by atoms with Crippen molar-refractivity contribution >= 4 is 29.7 Å². The molecule has 1 aliphatic heterocycles. The van der Waals surface area contributed by atoms with Gasteiger partial charge in [-0.2, -0.15) is 0 Å². The van der Waals surface area contributed by atoms with Crippen molar-refractivity contribution in [3.63, 3.8) is 0 Å². The number of benzene rings is 1. The molecule has 0 unspecified atom stereocenters. The highest BCUT2D eigenvalue weighted by Gasteiger charge is 2.27. The fourth-order valence-corrected chi connectivity index (χ4v) is 2.65. The van der Waals surface area contributed by atoms with Crippen molar-refractivity contribution in [1.82, 2.24) is 10.2 Å². The predicted octanol–water partition coefficient (Wildman–Crippen LogP) is 1.73. The number of amides is 1. The quantitative estimate of drug-likeness (QED) is 0.500. The molecule has 0 aliphatic carbocycles. The normalized spacial score (nSPS) is 15.3. The summed E-state index contributed by atoms with van der Waals surface area (Å²) < 4.78 is 0. The molecule has 1 aromatic rings. The van der Waals surface area contributed by atoms with Gasteiger partial charge in [0, 0.05) is 25.2 Å². The van der Waals surface area contributed by atoms with E-state index in [1.807, 2.05) is 7.05 Å². The molecular formula is C14H21ClN4O3. The van der Waals surface area contributed by atoms with E-state index in [1.165, 1.54) is 6.07 Å². The summed E-state index contributed by atoms with van der Waals surface area (Å²) in [4.78, 5) is 24.7. The molecule has 8 heteroatoms. The molecule has 0 bridgehead atoms. The Labute approximate surface area is 135 Å². The molecule has 1 aliphatic rings. The molecule has 1 aromatic carbocycles. The average Bonchev–Trinajstić information content (AvgIpc) is 2.48. The number of carbonyl (C=O) groups excluding carboxylic acids is 1. The zero-order chi connectivity index (χ0) is 15.6. The molecule has 1 heterocycles. The summed E-state index contributed by atoms with van der Waals surface area (Å²) in [6.45, 7) is 2.98. The number of nitro benzene ring substituents is 1. The zero-order valence-electron chi connectivity index (χ0n) is 12.7. The van der Waals surface area contributed by atoms with Gasteiger partial charge in [-0.1, -0.05) is 0 Å². The van der Waals surface area contributed by atoms with Crippen LogP contribution in [-0.2, 0) is 0 Å². The molecule has 1 fully saturated rings. The lowest BCUT2D eigenvalue weighted by Crippen LogP contribution is -2.44. The van der Waals surface area contributed by atoms with Gasteiger partial charge in [0.1, 0.15) is 5.69 Å². The molecule has 0 radical (unpaired) electrons. The Morgan fingerprint density at radius 1 is 1.41 bits per heavy atom. The Bertz CT molecular complexity index is 571. The maximum absolute atomic E-state index is 12.5. The molecular weight excluding hydrogens is 308 g/mol. The van der Waals surface area contributed by atoms with Gasteiger partial charge in [-0.05, 0) is 38.4 Å². The predicted molar refractivity (Wildman–Crippen MR) is 87.5 cm³/mol. The average molecular weight is 329 g/mol. The second kappa shape index (κ2) is 7.42. The van der Waals surface area contributed by atoms with Gasteiger partial charge >= 0.3 is 0 Å². The lowest BCUT2D eigenvalue weighted by atomic mass is 10.0. The standard InChI is InChI=1S/C14H20N4O3.ClH/c1-9-7-11(13(15)12(8-9)18(20)21)14(19)17-5-3-10(16-2)4-6-17;/h7-8,10,16H,3-6,15H2,1-2H3;1H. The van der Waals surface area contributed by atoms with Crippen LogP contribution in [0.3, 0.4) is 0 Å². The lowest BCUT2D eigenvalue weighted by molar-refractivity contribution is -0.384. The first-order chi connectivity index (χ1) is 9.93. The highest BCUT2D eigenvalue weighted by molar-refractivity contribution is 6.01.